The number of rotatable bonds is 9. The normalized spacial score (nSPS) is 17.1. The third-order valence-electron chi connectivity index (χ3n) is 7.86. The van der Waals surface area contributed by atoms with Crippen LogP contribution >= 0.6 is 0 Å². The summed E-state index contributed by atoms with van der Waals surface area (Å²) in [6.45, 7) is 20.7. The number of carbonyl (C=O) groups is 2. The summed E-state index contributed by atoms with van der Waals surface area (Å²) in [4.78, 5) is 31.5. The minimum Gasteiger partial charge on any atom is -0.468 e. The Balaban J connectivity index is 0.000000876. The molecule has 1 fully saturated rings. The number of hydrogen-bond acceptors (Lipinski definition) is 7. The first-order chi connectivity index (χ1) is 20.9. The quantitative estimate of drug-likeness (QED) is 0.342. The summed E-state index contributed by atoms with van der Waals surface area (Å²) in [5.41, 5.74) is 2.98. The third-order valence-corrected chi connectivity index (χ3v) is 7.86. The Hall–Kier alpha value is -2.98. The van der Waals surface area contributed by atoms with Crippen LogP contribution in [0.4, 0.5) is 9.18 Å². The van der Waals surface area contributed by atoms with Gasteiger partial charge in [0.15, 0.2) is 0 Å². The number of nitrogens with zero attached hydrogens (tertiary/aromatic N) is 4. The lowest BCUT2D eigenvalue weighted by atomic mass is 9.96. The molecule has 2 aliphatic heterocycles. The van der Waals surface area contributed by atoms with Crippen LogP contribution in [0.1, 0.15) is 96.5 Å². The fourth-order valence-corrected chi connectivity index (χ4v) is 5.99. The number of piperidine rings is 1. The number of imidazole rings is 1. The maximum Gasteiger partial charge on any atom is 0.407 e. The summed E-state index contributed by atoms with van der Waals surface area (Å²) in [7, 11) is 2.16. The topological polar surface area (TPSA) is 88.9 Å². The molecule has 2 unspecified atom stereocenters. The molecule has 0 bridgehead atoms. The van der Waals surface area contributed by atoms with Crippen LogP contribution in [0, 0.1) is 12.7 Å². The van der Waals surface area contributed by atoms with Crippen molar-refractivity contribution in [3.8, 4) is 0 Å². The first-order valence-electron chi connectivity index (χ1n) is 16.2. The zero-order chi connectivity index (χ0) is 32.9. The Labute approximate surface area is 264 Å². The molecule has 0 aliphatic carbocycles. The molecule has 2 aromatic rings. The maximum absolute atomic E-state index is 13.8. The predicted octanol–water partition coefficient (Wildman–Crippen LogP) is 6.08. The fraction of sp³-hybridized carbons (Fsp3) is 0.676. The highest BCUT2D eigenvalue weighted by Gasteiger charge is 2.30. The van der Waals surface area contributed by atoms with Crippen molar-refractivity contribution < 1.29 is 23.5 Å². The molecule has 10 heteroatoms. The number of hydrogen-bond donors (Lipinski definition) is 1. The number of aryl methyl sites for hydroxylation is 1. The molecule has 3 heterocycles. The second-order valence-corrected chi connectivity index (χ2v) is 12.5. The smallest absolute Gasteiger partial charge is 0.407 e. The van der Waals surface area contributed by atoms with Gasteiger partial charge >= 0.3 is 6.09 Å². The Morgan fingerprint density at radius 2 is 1.89 bits per heavy atom. The molecule has 1 saturated heterocycles. The van der Waals surface area contributed by atoms with Gasteiger partial charge in [-0.05, 0) is 92.0 Å². The summed E-state index contributed by atoms with van der Waals surface area (Å²) in [6, 6.07) is 7.25. The fourth-order valence-electron chi connectivity index (χ4n) is 5.99. The molecule has 2 aliphatic rings. The van der Waals surface area contributed by atoms with E-state index in [1.54, 1.807) is 19.1 Å². The van der Waals surface area contributed by atoms with Crippen LogP contribution in [0.2, 0.25) is 0 Å². The second kappa shape index (κ2) is 18.1. The van der Waals surface area contributed by atoms with Crippen LogP contribution in [0.25, 0.3) is 0 Å². The minimum absolute atomic E-state index is 0.149. The third kappa shape index (κ3) is 11.8. The number of amides is 1. The number of nitrogens with one attached hydrogen (secondary N) is 1. The van der Waals surface area contributed by atoms with Gasteiger partial charge in [-0.3, -0.25) is 4.79 Å². The molecule has 44 heavy (non-hydrogen) atoms. The number of fused-ring (bicyclic) bond motifs is 1. The van der Waals surface area contributed by atoms with Gasteiger partial charge in [-0.1, -0.05) is 26.0 Å². The van der Waals surface area contributed by atoms with E-state index in [4.69, 9.17) is 9.72 Å². The van der Waals surface area contributed by atoms with Crippen LogP contribution < -0.4 is 5.32 Å². The largest absolute Gasteiger partial charge is 0.468 e. The zero-order valence-corrected chi connectivity index (χ0v) is 28.5. The standard InChI is InChI=1S/C29H44FN5O2.C3H6O2.C2H6/c1-20(16-24(32-28(36)37-29(3,4)5)18-22-8-7-9-23(30)17-22)34-14-10-25(11-15-34)35-21(2)31-26-19-33(6)13-12-27(26)35;1-2-5-3-4;1-2/h7-9,17,20,24-25H,10-16,18-19H2,1-6H3,(H,32,36);3H,2H2,1H3;1-2H3. The molecule has 1 N–H and O–H groups in total. The van der Waals surface area contributed by atoms with Gasteiger partial charge in [-0.15, -0.1) is 0 Å². The first kappa shape index (κ1) is 37.2. The van der Waals surface area contributed by atoms with E-state index in [9.17, 15) is 14.0 Å². The Bertz CT molecular complexity index is 1160. The number of halogens is 1. The van der Waals surface area contributed by atoms with E-state index < -0.39 is 11.7 Å². The first-order valence-corrected chi connectivity index (χ1v) is 16.2. The van der Waals surface area contributed by atoms with Crippen LogP contribution in [0.3, 0.4) is 0 Å². The number of ether oxygens (including phenoxy) is 2. The van der Waals surface area contributed by atoms with Crippen molar-refractivity contribution >= 4 is 12.6 Å². The number of benzene rings is 1. The van der Waals surface area contributed by atoms with Crippen molar-refractivity contribution in [2.75, 3.05) is 33.3 Å². The van der Waals surface area contributed by atoms with Gasteiger partial charge in [0.1, 0.15) is 17.2 Å². The van der Waals surface area contributed by atoms with E-state index in [0.29, 0.717) is 25.5 Å². The summed E-state index contributed by atoms with van der Waals surface area (Å²) < 4.78 is 26.0. The van der Waals surface area contributed by atoms with E-state index >= 15 is 0 Å². The number of aromatic nitrogens is 2. The van der Waals surface area contributed by atoms with Crippen molar-refractivity contribution in [3.05, 3.63) is 52.9 Å². The van der Waals surface area contributed by atoms with Crippen LogP contribution in [0.15, 0.2) is 24.3 Å². The van der Waals surface area contributed by atoms with Gasteiger partial charge in [0, 0.05) is 56.4 Å². The number of likely N-dealkylation sites (N-methyl/N-ethyl adjacent to an activating group) is 1. The van der Waals surface area contributed by atoms with Crippen molar-refractivity contribution in [3.63, 3.8) is 0 Å². The average molecular weight is 618 g/mol. The van der Waals surface area contributed by atoms with Crippen LogP contribution in [-0.4, -0.2) is 82.9 Å². The highest BCUT2D eigenvalue weighted by molar-refractivity contribution is 5.68. The Kier molecular flexibility index (Phi) is 15.3. The SMILES string of the molecule is CC.CCOC=O.Cc1nc2c(n1C1CCN(C(C)CC(Cc3cccc(F)c3)NC(=O)OC(C)(C)C)CC1)CCN(C)C2. The van der Waals surface area contributed by atoms with Gasteiger partial charge in [-0.25, -0.2) is 14.2 Å². The molecule has 0 saturated carbocycles. The number of likely N-dealkylation sites (tertiary alicyclic amines) is 1. The summed E-state index contributed by atoms with van der Waals surface area (Å²) in [5.74, 6) is 0.885. The maximum atomic E-state index is 13.8. The van der Waals surface area contributed by atoms with Gasteiger partial charge in [-0.2, -0.15) is 0 Å². The number of carbonyl (C=O) groups excluding carboxylic acids is 2. The van der Waals surface area contributed by atoms with E-state index in [1.807, 2.05) is 40.7 Å². The lowest BCUT2D eigenvalue weighted by Crippen LogP contribution is -2.46. The van der Waals surface area contributed by atoms with E-state index in [0.717, 1.165) is 63.3 Å². The highest BCUT2D eigenvalue weighted by Crippen LogP contribution is 2.31. The van der Waals surface area contributed by atoms with Crippen molar-refractivity contribution in [2.45, 2.75) is 118 Å². The minimum atomic E-state index is -0.568. The lowest BCUT2D eigenvalue weighted by Gasteiger charge is -2.39. The van der Waals surface area contributed by atoms with Crippen molar-refractivity contribution in [1.82, 2.24) is 24.7 Å². The van der Waals surface area contributed by atoms with Crippen LogP contribution in [0.5, 0.6) is 0 Å². The van der Waals surface area contributed by atoms with Gasteiger partial charge in [0.2, 0.25) is 0 Å². The Morgan fingerprint density at radius 1 is 1.20 bits per heavy atom. The van der Waals surface area contributed by atoms with Crippen molar-refractivity contribution in [1.29, 1.82) is 0 Å². The number of alkyl carbamates (subject to hydrolysis) is 1. The molecule has 1 aromatic carbocycles. The zero-order valence-electron chi connectivity index (χ0n) is 28.5. The summed E-state index contributed by atoms with van der Waals surface area (Å²) in [6.07, 6.45) is 4.17. The monoisotopic (exact) mass is 617 g/mol. The van der Waals surface area contributed by atoms with Crippen molar-refractivity contribution in [2.24, 2.45) is 0 Å². The van der Waals surface area contributed by atoms with Gasteiger partial charge in [0.05, 0.1) is 12.3 Å². The Morgan fingerprint density at radius 3 is 2.45 bits per heavy atom. The van der Waals surface area contributed by atoms with E-state index in [2.05, 4.69) is 45.3 Å². The molecule has 4 rings (SSSR count). The molecule has 248 valence electrons. The average Bonchev–Trinajstić information content (AvgIpc) is 3.28. The second-order valence-electron chi connectivity index (χ2n) is 12.5. The van der Waals surface area contributed by atoms with E-state index in [-0.39, 0.29) is 17.9 Å². The highest BCUT2D eigenvalue weighted by atomic mass is 19.1. The molecular formula is C34H56FN5O4. The molecule has 0 spiro atoms. The summed E-state index contributed by atoms with van der Waals surface area (Å²) in [5, 5.41) is 3.06. The van der Waals surface area contributed by atoms with Gasteiger partial charge < -0.3 is 29.2 Å². The molecule has 1 amide bonds. The lowest BCUT2D eigenvalue weighted by molar-refractivity contribution is -0.128. The van der Waals surface area contributed by atoms with Gasteiger partial charge in [0.25, 0.3) is 6.47 Å². The van der Waals surface area contributed by atoms with Crippen LogP contribution in [-0.2, 0) is 33.7 Å². The van der Waals surface area contributed by atoms with E-state index in [1.165, 1.54) is 17.5 Å². The summed E-state index contributed by atoms with van der Waals surface area (Å²) >= 11 is 0. The molecular weight excluding hydrogens is 561 g/mol. The molecule has 9 nitrogen and oxygen atoms in total. The molecule has 0 radical (unpaired) electrons. The molecule has 1 aromatic heterocycles. The molecule has 2 atom stereocenters. The predicted molar refractivity (Wildman–Crippen MR) is 173 cm³/mol.